The van der Waals surface area contributed by atoms with Gasteiger partial charge in [0, 0.05) is 18.3 Å². The van der Waals surface area contributed by atoms with E-state index >= 15 is 0 Å². The fourth-order valence-corrected chi connectivity index (χ4v) is 2.75. The lowest BCUT2D eigenvalue weighted by Crippen LogP contribution is -2.09. The molecule has 132 valence electrons. The number of aryl methyl sites for hydroxylation is 1. The van der Waals surface area contributed by atoms with E-state index in [4.69, 9.17) is 4.74 Å². The molecule has 0 atom stereocenters. The fourth-order valence-electron chi connectivity index (χ4n) is 2.75. The van der Waals surface area contributed by atoms with Gasteiger partial charge in [0.05, 0.1) is 5.56 Å². The quantitative estimate of drug-likeness (QED) is 0.634. The Kier molecular flexibility index (Phi) is 5.64. The average molecular weight is 346 g/mol. The molecule has 0 spiro atoms. The first-order chi connectivity index (χ1) is 12.7. The molecule has 1 aromatic heterocycles. The van der Waals surface area contributed by atoms with Crippen molar-refractivity contribution in [3.05, 3.63) is 89.1 Å². The van der Waals surface area contributed by atoms with Gasteiger partial charge in [-0.2, -0.15) is 0 Å². The topological polar surface area (TPSA) is 51.2 Å². The zero-order valence-electron chi connectivity index (χ0n) is 15.0. The number of anilines is 1. The van der Waals surface area contributed by atoms with Gasteiger partial charge in [-0.25, -0.2) is 4.98 Å². The van der Waals surface area contributed by atoms with Crippen LogP contribution in [0.15, 0.2) is 66.9 Å². The molecule has 0 aliphatic rings. The van der Waals surface area contributed by atoms with Crippen molar-refractivity contribution < 1.29 is 9.53 Å². The summed E-state index contributed by atoms with van der Waals surface area (Å²) < 4.78 is 5.87. The number of aromatic nitrogens is 1. The zero-order chi connectivity index (χ0) is 18.4. The van der Waals surface area contributed by atoms with E-state index in [1.807, 2.05) is 31.2 Å². The maximum absolute atomic E-state index is 12.9. The molecule has 0 saturated carbocycles. The van der Waals surface area contributed by atoms with Crippen molar-refractivity contribution in [2.75, 3.05) is 11.9 Å². The van der Waals surface area contributed by atoms with E-state index in [9.17, 15) is 4.79 Å². The molecular formula is C22H22N2O2. The molecule has 0 amide bonds. The number of hydrogen-bond donors (Lipinski definition) is 1. The van der Waals surface area contributed by atoms with E-state index in [1.165, 1.54) is 5.56 Å². The van der Waals surface area contributed by atoms with Crippen LogP contribution in [0.3, 0.4) is 0 Å². The van der Waals surface area contributed by atoms with Crippen molar-refractivity contribution in [3.63, 3.8) is 0 Å². The summed E-state index contributed by atoms with van der Waals surface area (Å²) in [7, 11) is 0. The number of rotatable bonds is 7. The van der Waals surface area contributed by atoms with Gasteiger partial charge in [-0.05, 0) is 43.7 Å². The highest BCUT2D eigenvalue weighted by atomic mass is 16.5. The van der Waals surface area contributed by atoms with Gasteiger partial charge in [0.25, 0.3) is 0 Å². The highest BCUT2D eigenvalue weighted by Crippen LogP contribution is 2.21. The Bertz CT molecular complexity index is 906. The molecule has 0 fully saturated rings. The SMILES string of the molecule is CCNc1ncccc1C(=O)c1cccc(OCc2cccc(C)c2)c1. The van der Waals surface area contributed by atoms with Crippen molar-refractivity contribution in [3.8, 4) is 5.75 Å². The summed E-state index contributed by atoms with van der Waals surface area (Å²) in [5, 5.41) is 3.13. The first kappa shape index (κ1) is 17.7. The van der Waals surface area contributed by atoms with Crippen molar-refractivity contribution >= 4 is 11.6 Å². The van der Waals surface area contributed by atoms with Crippen LogP contribution >= 0.6 is 0 Å². The number of pyridine rings is 1. The molecular weight excluding hydrogens is 324 g/mol. The second-order valence-electron chi connectivity index (χ2n) is 6.06. The van der Waals surface area contributed by atoms with E-state index in [0.29, 0.717) is 35.8 Å². The Hall–Kier alpha value is -3.14. The van der Waals surface area contributed by atoms with Crippen LogP contribution in [-0.2, 0) is 6.61 Å². The molecule has 26 heavy (non-hydrogen) atoms. The second-order valence-corrected chi connectivity index (χ2v) is 6.06. The van der Waals surface area contributed by atoms with Gasteiger partial charge in [-0.1, -0.05) is 42.0 Å². The number of carbonyl (C=O) groups is 1. The largest absolute Gasteiger partial charge is 0.489 e. The van der Waals surface area contributed by atoms with Crippen molar-refractivity contribution in [1.29, 1.82) is 0 Å². The predicted octanol–water partition coefficient (Wildman–Crippen LogP) is 4.63. The van der Waals surface area contributed by atoms with Crippen LogP contribution in [0, 0.1) is 6.92 Å². The molecule has 0 radical (unpaired) electrons. The first-order valence-corrected chi connectivity index (χ1v) is 8.69. The standard InChI is InChI=1S/C22H22N2O2/c1-3-23-22-20(11-6-12-24-22)21(25)18-9-5-10-19(14-18)26-15-17-8-4-7-16(2)13-17/h4-14H,3,15H2,1-2H3,(H,23,24). The van der Waals surface area contributed by atoms with E-state index < -0.39 is 0 Å². The molecule has 3 rings (SSSR count). The third kappa shape index (κ3) is 4.28. The zero-order valence-corrected chi connectivity index (χ0v) is 15.0. The maximum Gasteiger partial charge on any atom is 0.196 e. The minimum absolute atomic E-state index is 0.0740. The Labute approximate surface area is 153 Å². The highest BCUT2D eigenvalue weighted by molar-refractivity contribution is 6.12. The number of hydrogen-bond acceptors (Lipinski definition) is 4. The van der Waals surface area contributed by atoms with Crippen LogP contribution in [0.5, 0.6) is 5.75 Å². The van der Waals surface area contributed by atoms with Crippen LogP contribution in [0.4, 0.5) is 5.82 Å². The number of benzene rings is 2. The average Bonchev–Trinajstić information content (AvgIpc) is 2.67. The minimum Gasteiger partial charge on any atom is -0.489 e. The third-order valence-electron chi connectivity index (χ3n) is 3.98. The lowest BCUT2D eigenvalue weighted by atomic mass is 10.0. The number of ketones is 1. The minimum atomic E-state index is -0.0740. The van der Waals surface area contributed by atoms with Crippen molar-refractivity contribution in [2.24, 2.45) is 0 Å². The monoisotopic (exact) mass is 346 g/mol. The predicted molar refractivity (Wildman–Crippen MR) is 104 cm³/mol. The van der Waals surface area contributed by atoms with Crippen molar-refractivity contribution in [1.82, 2.24) is 4.98 Å². The normalized spacial score (nSPS) is 10.4. The van der Waals surface area contributed by atoms with Gasteiger partial charge in [-0.3, -0.25) is 4.79 Å². The fraction of sp³-hybridized carbons (Fsp3) is 0.182. The summed E-state index contributed by atoms with van der Waals surface area (Å²) in [4.78, 5) is 17.1. The molecule has 1 heterocycles. The Balaban J connectivity index is 1.77. The highest BCUT2D eigenvalue weighted by Gasteiger charge is 2.14. The molecule has 3 aromatic rings. The number of nitrogens with zero attached hydrogens (tertiary/aromatic N) is 1. The summed E-state index contributed by atoms with van der Waals surface area (Å²) in [6.07, 6.45) is 1.68. The summed E-state index contributed by atoms with van der Waals surface area (Å²) in [6, 6.07) is 19.0. The third-order valence-corrected chi connectivity index (χ3v) is 3.98. The van der Waals surface area contributed by atoms with Crippen LogP contribution in [0.1, 0.15) is 34.0 Å². The molecule has 4 nitrogen and oxygen atoms in total. The van der Waals surface area contributed by atoms with Gasteiger partial charge in [-0.15, -0.1) is 0 Å². The summed E-state index contributed by atoms with van der Waals surface area (Å²) in [5.74, 6) is 1.20. The molecule has 0 aliphatic heterocycles. The Morgan fingerprint density at radius 3 is 2.73 bits per heavy atom. The summed E-state index contributed by atoms with van der Waals surface area (Å²) in [5.41, 5.74) is 3.44. The van der Waals surface area contributed by atoms with Crippen LogP contribution < -0.4 is 10.1 Å². The molecule has 0 bridgehead atoms. The van der Waals surface area contributed by atoms with Gasteiger partial charge < -0.3 is 10.1 Å². The number of ether oxygens (including phenoxy) is 1. The van der Waals surface area contributed by atoms with E-state index in [-0.39, 0.29) is 5.78 Å². The second kappa shape index (κ2) is 8.30. The van der Waals surface area contributed by atoms with E-state index in [2.05, 4.69) is 29.4 Å². The van der Waals surface area contributed by atoms with Gasteiger partial charge >= 0.3 is 0 Å². The number of nitrogens with one attached hydrogen (secondary N) is 1. The Morgan fingerprint density at radius 2 is 1.92 bits per heavy atom. The van der Waals surface area contributed by atoms with E-state index in [1.54, 1.807) is 30.5 Å². The van der Waals surface area contributed by atoms with Crippen LogP contribution in [-0.4, -0.2) is 17.3 Å². The lowest BCUT2D eigenvalue weighted by Gasteiger charge is -2.10. The van der Waals surface area contributed by atoms with Crippen molar-refractivity contribution in [2.45, 2.75) is 20.5 Å². The summed E-state index contributed by atoms with van der Waals surface area (Å²) >= 11 is 0. The van der Waals surface area contributed by atoms with Crippen LogP contribution in [0.25, 0.3) is 0 Å². The first-order valence-electron chi connectivity index (χ1n) is 8.69. The molecule has 0 aliphatic carbocycles. The van der Waals surface area contributed by atoms with E-state index in [0.717, 1.165) is 5.56 Å². The molecule has 0 unspecified atom stereocenters. The molecule has 2 aromatic carbocycles. The molecule has 4 heteroatoms. The summed E-state index contributed by atoms with van der Waals surface area (Å²) in [6.45, 7) is 5.20. The smallest absolute Gasteiger partial charge is 0.196 e. The van der Waals surface area contributed by atoms with Gasteiger partial charge in [0.1, 0.15) is 18.2 Å². The van der Waals surface area contributed by atoms with Gasteiger partial charge in [0.2, 0.25) is 0 Å². The molecule has 0 saturated heterocycles. The Morgan fingerprint density at radius 1 is 1.08 bits per heavy atom. The molecule has 1 N–H and O–H groups in total. The number of carbonyl (C=O) groups excluding carboxylic acids is 1. The lowest BCUT2D eigenvalue weighted by molar-refractivity contribution is 0.103. The van der Waals surface area contributed by atoms with Crippen LogP contribution in [0.2, 0.25) is 0 Å². The van der Waals surface area contributed by atoms with Gasteiger partial charge in [0.15, 0.2) is 5.78 Å². The maximum atomic E-state index is 12.9.